The number of ketones is 1. The number of morpholine rings is 1. The van der Waals surface area contributed by atoms with Crippen molar-refractivity contribution in [2.75, 3.05) is 44.3 Å². The van der Waals surface area contributed by atoms with Gasteiger partial charge in [0.25, 0.3) is 5.91 Å². The van der Waals surface area contributed by atoms with Crippen LogP contribution in [0.15, 0.2) is 24.5 Å². The monoisotopic (exact) mass is 423 g/mol. The van der Waals surface area contributed by atoms with Crippen molar-refractivity contribution in [3.63, 3.8) is 0 Å². The zero-order valence-electron chi connectivity index (χ0n) is 17.5. The fourth-order valence-corrected chi connectivity index (χ4v) is 4.20. The predicted molar refractivity (Wildman–Crippen MR) is 112 cm³/mol. The summed E-state index contributed by atoms with van der Waals surface area (Å²) in [6.45, 7) is 4.32. The van der Waals surface area contributed by atoms with Crippen LogP contribution in [-0.4, -0.2) is 80.4 Å². The van der Waals surface area contributed by atoms with Crippen LogP contribution in [0.1, 0.15) is 39.3 Å². The van der Waals surface area contributed by atoms with Crippen LogP contribution in [0, 0.1) is 0 Å². The Balaban J connectivity index is 1.37. The Morgan fingerprint density at radius 1 is 1.13 bits per heavy atom. The molecule has 10 nitrogen and oxygen atoms in total. The molecule has 2 fully saturated rings. The van der Waals surface area contributed by atoms with Gasteiger partial charge in [-0.3, -0.25) is 14.3 Å². The number of nitrogens with zero attached hydrogens (tertiary/aromatic N) is 7. The second kappa shape index (κ2) is 8.10. The van der Waals surface area contributed by atoms with Gasteiger partial charge in [0.1, 0.15) is 5.69 Å². The van der Waals surface area contributed by atoms with Crippen LogP contribution < -0.4 is 4.90 Å². The largest absolute Gasteiger partial charge is 0.378 e. The molecule has 0 spiro atoms. The maximum absolute atomic E-state index is 13.1. The molecule has 5 rings (SSSR count). The molecule has 10 heteroatoms. The van der Waals surface area contributed by atoms with E-state index in [0.717, 1.165) is 44.6 Å². The Kier molecular flexibility index (Phi) is 5.14. The van der Waals surface area contributed by atoms with E-state index >= 15 is 0 Å². The highest BCUT2D eigenvalue weighted by Gasteiger charge is 2.27. The summed E-state index contributed by atoms with van der Waals surface area (Å²) in [6.07, 6.45) is 5.48. The number of anilines is 1. The third-order valence-corrected chi connectivity index (χ3v) is 5.88. The molecule has 0 aromatic carbocycles. The Morgan fingerprint density at radius 2 is 1.90 bits per heavy atom. The van der Waals surface area contributed by atoms with Gasteiger partial charge in [0, 0.05) is 45.8 Å². The van der Waals surface area contributed by atoms with Crippen molar-refractivity contribution in [2.24, 2.45) is 7.05 Å². The van der Waals surface area contributed by atoms with Crippen molar-refractivity contribution in [3.05, 3.63) is 41.3 Å². The normalized spacial score (nSPS) is 16.9. The maximum Gasteiger partial charge on any atom is 0.257 e. The molecule has 0 bridgehead atoms. The lowest BCUT2D eigenvalue weighted by Crippen LogP contribution is -2.36. The molecule has 0 saturated carbocycles. The quantitative estimate of drug-likeness (QED) is 0.564. The number of likely N-dealkylation sites (tertiary alicyclic amines) is 1. The van der Waals surface area contributed by atoms with Gasteiger partial charge in [-0.05, 0) is 30.5 Å². The second-order valence-electron chi connectivity index (χ2n) is 7.98. The van der Waals surface area contributed by atoms with E-state index in [1.807, 2.05) is 18.3 Å². The lowest BCUT2D eigenvalue weighted by Gasteiger charge is -2.25. The highest BCUT2D eigenvalue weighted by atomic mass is 16.5. The Hall–Kier alpha value is -3.27. The van der Waals surface area contributed by atoms with E-state index in [-0.39, 0.29) is 18.1 Å². The number of carbonyl (C=O) groups is 2. The van der Waals surface area contributed by atoms with Gasteiger partial charge in [0.2, 0.25) is 5.95 Å². The first-order valence-electron chi connectivity index (χ1n) is 10.6. The number of hydrogen-bond acceptors (Lipinski definition) is 7. The predicted octanol–water partition coefficient (Wildman–Crippen LogP) is 0.961. The van der Waals surface area contributed by atoms with Gasteiger partial charge >= 0.3 is 0 Å². The molecule has 0 unspecified atom stereocenters. The molecule has 3 aromatic heterocycles. The van der Waals surface area contributed by atoms with Gasteiger partial charge in [-0.1, -0.05) is 0 Å². The molecule has 2 aliphatic heterocycles. The molecule has 3 aromatic rings. The fourth-order valence-electron chi connectivity index (χ4n) is 4.20. The van der Waals surface area contributed by atoms with Gasteiger partial charge < -0.3 is 14.5 Å². The number of rotatable bonds is 5. The van der Waals surface area contributed by atoms with Crippen molar-refractivity contribution in [1.82, 2.24) is 29.3 Å². The molecule has 5 heterocycles. The van der Waals surface area contributed by atoms with Crippen LogP contribution >= 0.6 is 0 Å². The first kappa shape index (κ1) is 19.7. The maximum atomic E-state index is 13.1. The summed E-state index contributed by atoms with van der Waals surface area (Å²) in [4.78, 5) is 34.5. The minimum atomic E-state index is -0.139. The minimum absolute atomic E-state index is 0.114. The molecule has 0 aliphatic carbocycles. The number of Topliss-reactive ketones (excluding diaryl/α,β-unsaturated/α-hetero) is 1. The number of pyridine rings is 1. The SMILES string of the molecule is Cn1ncc(C(=O)N2CCCC2)c1C(=O)Cc1ccn2nc(N3CCOCC3)nc2c1. The van der Waals surface area contributed by atoms with Gasteiger partial charge in [-0.2, -0.15) is 10.1 Å². The third kappa shape index (κ3) is 3.78. The summed E-state index contributed by atoms with van der Waals surface area (Å²) < 4.78 is 8.60. The summed E-state index contributed by atoms with van der Waals surface area (Å²) in [5.74, 6) is 0.411. The van der Waals surface area contributed by atoms with E-state index in [1.54, 1.807) is 16.5 Å². The molecule has 162 valence electrons. The second-order valence-corrected chi connectivity index (χ2v) is 7.98. The summed E-state index contributed by atoms with van der Waals surface area (Å²) in [7, 11) is 1.70. The van der Waals surface area contributed by atoms with Crippen molar-refractivity contribution in [3.8, 4) is 0 Å². The molecule has 0 atom stereocenters. The number of hydrogen-bond donors (Lipinski definition) is 0. The van der Waals surface area contributed by atoms with Crippen molar-refractivity contribution >= 4 is 23.3 Å². The summed E-state index contributed by atoms with van der Waals surface area (Å²) in [6, 6.07) is 3.73. The van der Waals surface area contributed by atoms with Crippen molar-refractivity contribution in [2.45, 2.75) is 19.3 Å². The molecule has 0 N–H and O–H groups in total. The number of aryl methyl sites for hydroxylation is 1. The Labute approximate surface area is 179 Å². The molecule has 1 amide bonds. The van der Waals surface area contributed by atoms with Crippen molar-refractivity contribution < 1.29 is 14.3 Å². The Bertz CT molecular complexity index is 1120. The number of fused-ring (bicyclic) bond motifs is 1. The van der Waals surface area contributed by atoms with Crippen LogP contribution in [0.25, 0.3) is 5.65 Å². The molecule has 2 saturated heterocycles. The number of ether oxygens (including phenoxy) is 1. The molecular weight excluding hydrogens is 398 g/mol. The van der Waals surface area contributed by atoms with E-state index < -0.39 is 0 Å². The van der Waals surface area contributed by atoms with E-state index in [4.69, 9.17) is 4.74 Å². The number of aromatic nitrogens is 5. The number of carbonyl (C=O) groups excluding carboxylic acids is 2. The summed E-state index contributed by atoms with van der Waals surface area (Å²) in [5.41, 5.74) is 2.24. The van der Waals surface area contributed by atoms with Gasteiger partial charge in [0.15, 0.2) is 11.4 Å². The first-order valence-corrected chi connectivity index (χ1v) is 10.6. The lowest BCUT2D eigenvalue weighted by atomic mass is 10.0. The zero-order valence-corrected chi connectivity index (χ0v) is 17.5. The number of amides is 1. The van der Waals surface area contributed by atoms with Crippen LogP contribution in [0.3, 0.4) is 0 Å². The van der Waals surface area contributed by atoms with Crippen LogP contribution in [0.5, 0.6) is 0 Å². The summed E-state index contributed by atoms with van der Waals surface area (Å²) in [5, 5.41) is 8.71. The minimum Gasteiger partial charge on any atom is -0.378 e. The summed E-state index contributed by atoms with van der Waals surface area (Å²) >= 11 is 0. The Morgan fingerprint density at radius 3 is 2.68 bits per heavy atom. The zero-order chi connectivity index (χ0) is 21.4. The molecular formula is C21H25N7O3. The lowest BCUT2D eigenvalue weighted by molar-refractivity contribution is 0.0786. The highest BCUT2D eigenvalue weighted by molar-refractivity contribution is 6.07. The van der Waals surface area contributed by atoms with Gasteiger partial charge in [-0.25, -0.2) is 4.52 Å². The van der Waals surface area contributed by atoms with Crippen LogP contribution in [0.2, 0.25) is 0 Å². The molecule has 31 heavy (non-hydrogen) atoms. The van der Waals surface area contributed by atoms with Gasteiger partial charge in [0.05, 0.1) is 25.0 Å². The third-order valence-electron chi connectivity index (χ3n) is 5.88. The van der Waals surface area contributed by atoms with Crippen molar-refractivity contribution in [1.29, 1.82) is 0 Å². The van der Waals surface area contributed by atoms with E-state index in [0.29, 0.717) is 36.1 Å². The fraction of sp³-hybridized carbons (Fsp3) is 0.476. The smallest absolute Gasteiger partial charge is 0.257 e. The first-order chi connectivity index (χ1) is 15.1. The van der Waals surface area contributed by atoms with E-state index in [2.05, 4.69) is 20.1 Å². The van der Waals surface area contributed by atoms with Gasteiger partial charge in [-0.15, -0.1) is 5.10 Å². The average Bonchev–Trinajstić information content (AvgIpc) is 3.53. The standard InChI is InChI=1S/C21H25N7O3/c1-25-19(16(14-22-25)20(30)26-5-2-3-6-26)17(29)12-15-4-7-28-18(13-15)23-21(24-28)27-8-10-31-11-9-27/h4,7,13-14H,2-3,5-6,8-12H2,1H3. The molecule has 2 aliphatic rings. The van der Waals surface area contributed by atoms with Crippen LogP contribution in [0.4, 0.5) is 5.95 Å². The average molecular weight is 423 g/mol. The van der Waals surface area contributed by atoms with E-state index in [1.165, 1.54) is 10.9 Å². The highest BCUT2D eigenvalue weighted by Crippen LogP contribution is 2.19. The topological polar surface area (TPSA) is 97.9 Å². The van der Waals surface area contributed by atoms with E-state index in [9.17, 15) is 9.59 Å². The van der Waals surface area contributed by atoms with Crippen LogP contribution in [-0.2, 0) is 18.2 Å². The molecule has 0 radical (unpaired) electrons.